The molecule has 3 N–H and O–H groups in total. The van der Waals surface area contributed by atoms with Gasteiger partial charge in [0.05, 0.1) is 19.6 Å². The number of hydrogen-bond acceptors (Lipinski definition) is 7. The first-order chi connectivity index (χ1) is 24.0. The van der Waals surface area contributed by atoms with E-state index in [9.17, 15) is 27.9 Å². The highest BCUT2D eigenvalue weighted by Crippen LogP contribution is 2.47. The van der Waals surface area contributed by atoms with Gasteiger partial charge >= 0.3 is 18.1 Å². The molecule has 0 saturated carbocycles. The topological polar surface area (TPSA) is 135 Å². The van der Waals surface area contributed by atoms with Crippen molar-refractivity contribution in [3.8, 4) is 17.2 Å². The van der Waals surface area contributed by atoms with E-state index < -0.39 is 30.1 Å². The molecule has 1 amide bonds. The number of fused-ring (bicyclic) bond motifs is 1. The van der Waals surface area contributed by atoms with Crippen molar-refractivity contribution in [2.45, 2.75) is 24.1 Å². The lowest BCUT2D eigenvalue weighted by atomic mass is 9.82. The van der Waals surface area contributed by atoms with Gasteiger partial charge in [0.25, 0.3) is 0 Å². The molecule has 0 unspecified atom stereocenters. The second-order valence-electron chi connectivity index (χ2n) is 11.7. The number of nitrogens with one attached hydrogen (secondary N) is 1. The maximum atomic E-state index is 13.6. The van der Waals surface area contributed by atoms with Crippen LogP contribution in [-0.2, 0) is 14.4 Å². The largest absolute Gasteiger partial charge is 0.497 e. The lowest BCUT2D eigenvalue weighted by Gasteiger charge is -2.27. The monoisotopic (exact) mass is 692 g/mol. The number of carboxylic acids is 2. The Kier molecular flexibility index (Phi) is 11.3. The molecule has 1 saturated heterocycles. The van der Waals surface area contributed by atoms with Gasteiger partial charge in [-0.25, -0.2) is 4.79 Å². The standard InChI is InChI=1S/C35H34N2O6.C2HF3O2/c1-41-27-15-12-25(13-16-27)34-33(35(39)40)29(26-14-17-30-31(18-26)43-22-42-30)20-37(34)21-32(38)36-19-28(23-8-4-2-5-9-23)24-10-6-3-7-11-24;3-2(4,5)1(6)7/h2-18,28-29,33-34H,19-22H2,1H3,(H,36,38)(H,39,40);(H,6,7)/t29-,33-,34+;/m1./s1. The van der Waals surface area contributed by atoms with Crippen LogP contribution >= 0.6 is 0 Å². The van der Waals surface area contributed by atoms with Crippen LogP contribution in [0.1, 0.15) is 40.1 Å². The Bertz CT molecular complexity index is 1730. The minimum atomic E-state index is -5.08. The zero-order chi connectivity index (χ0) is 35.8. The summed E-state index contributed by atoms with van der Waals surface area (Å²) in [7, 11) is 1.59. The molecule has 10 nitrogen and oxygen atoms in total. The molecule has 0 aliphatic carbocycles. The van der Waals surface area contributed by atoms with Crippen molar-refractivity contribution in [2.75, 3.05) is 33.5 Å². The number of hydrogen-bond donors (Lipinski definition) is 3. The van der Waals surface area contributed by atoms with E-state index in [0.717, 1.165) is 22.3 Å². The molecule has 50 heavy (non-hydrogen) atoms. The zero-order valence-corrected chi connectivity index (χ0v) is 26.9. The van der Waals surface area contributed by atoms with Gasteiger partial charge in [-0.05, 0) is 46.5 Å². The Hall–Kier alpha value is -5.56. The SMILES string of the molecule is COc1ccc([C@H]2[C@H](C(=O)O)[C@@H](c3ccc4c(c3)OCO4)CN2CC(=O)NCC(c2ccccc2)c2ccccc2)cc1.O=C(O)C(F)(F)F. The number of benzene rings is 4. The van der Waals surface area contributed by atoms with Crippen molar-refractivity contribution in [3.05, 3.63) is 125 Å². The molecule has 0 aromatic heterocycles. The molecule has 4 aromatic rings. The van der Waals surface area contributed by atoms with Gasteiger partial charge in [0.2, 0.25) is 12.7 Å². The smallest absolute Gasteiger partial charge is 0.490 e. The first kappa shape index (κ1) is 35.7. The van der Waals surface area contributed by atoms with Gasteiger partial charge in [0.1, 0.15) is 5.75 Å². The van der Waals surface area contributed by atoms with E-state index in [1.54, 1.807) is 7.11 Å². The van der Waals surface area contributed by atoms with Crippen LogP contribution < -0.4 is 19.5 Å². The molecule has 2 aliphatic rings. The molecule has 6 rings (SSSR count). The molecule has 3 atom stereocenters. The summed E-state index contributed by atoms with van der Waals surface area (Å²) in [5.74, 6) is -3.09. The first-order valence-corrected chi connectivity index (χ1v) is 15.6. The van der Waals surface area contributed by atoms with Crippen molar-refractivity contribution in [3.63, 3.8) is 0 Å². The predicted octanol–water partition coefficient (Wildman–Crippen LogP) is 5.85. The molecule has 1 fully saturated rings. The number of carboxylic acid groups (broad SMARTS) is 2. The minimum Gasteiger partial charge on any atom is -0.497 e. The van der Waals surface area contributed by atoms with E-state index in [4.69, 9.17) is 24.1 Å². The van der Waals surface area contributed by atoms with Crippen LogP contribution in [0, 0.1) is 5.92 Å². The van der Waals surface area contributed by atoms with E-state index in [2.05, 4.69) is 29.6 Å². The number of likely N-dealkylation sites (tertiary alicyclic amines) is 1. The summed E-state index contributed by atoms with van der Waals surface area (Å²) in [6.07, 6.45) is -5.08. The van der Waals surface area contributed by atoms with Crippen LogP contribution in [-0.4, -0.2) is 72.7 Å². The van der Waals surface area contributed by atoms with Crippen LogP contribution in [0.25, 0.3) is 0 Å². The molecule has 262 valence electrons. The van der Waals surface area contributed by atoms with Crippen LogP contribution in [0.5, 0.6) is 17.2 Å². The third kappa shape index (κ3) is 8.53. The lowest BCUT2D eigenvalue weighted by Crippen LogP contribution is -2.39. The van der Waals surface area contributed by atoms with E-state index in [-0.39, 0.29) is 31.1 Å². The van der Waals surface area contributed by atoms with Gasteiger partial charge in [-0.2, -0.15) is 13.2 Å². The number of carbonyl (C=O) groups excluding carboxylic acids is 1. The van der Waals surface area contributed by atoms with Crippen molar-refractivity contribution < 1.29 is 52.0 Å². The fourth-order valence-corrected chi connectivity index (χ4v) is 6.33. The quantitative estimate of drug-likeness (QED) is 0.187. The van der Waals surface area contributed by atoms with Crippen LogP contribution in [0.15, 0.2) is 103 Å². The predicted molar refractivity (Wildman–Crippen MR) is 175 cm³/mol. The number of alkyl halides is 3. The van der Waals surface area contributed by atoms with Gasteiger partial charge in [-0.15, -0.1) is 0 Å². The third-order valence-corrected chi connectivity index (χ3v) is 8.66. The number of halogens is 3. The molecule has 13 heteroatoms. The Morgan fingerprint density at radius 3 is 1.96 bits per heavy atom. The fourth-order valence-electron chi connectivity index (χ4n) is 6.33. The molecule has 4 aromatic carbocycles. The maximum Gasteiger partial charge on any atom is 0.490 e. The Balaban J connectivity index is 0.000000630. The highest BCUT2D eigenvalue weighted by atomic mass is 19.4. The van der Waals surface area contributed by atoms with Crippen molar-refractivity contribution in [1.29, 1.82) is 0 Å². The maximum absolute atomic E-state index is 13.6. The summed E-state index contributed by atoms with van der Waals surface area (Å²) >= 11 is 0. The second-order valence-corrected chi connectivity index (χ2v) is 11.7. The highest BCUT2D eigenvalue weighted by Gasteiger charge is 2.48. The highest BCUT2D eigenvalue weighted by molar-refractivity contribution is 5.79. The minimum absolute atomic E-state index is 0.0181. The summed E-state index contributed by atoms with van der Waals surface area (Å²) in [5.41, 5.74) is 3.88. The second kappa shape index (κ2) is 15.8. The summed E-state index contributed by atoms with van der Waals surface area (Å²) in [5, 5.41) is 20.8. The van der Waals surface area contributed by atoms with Gasteiger partial charge in [-0.1, -0.05) is 78.9 Å². The third-order valence-electron chi connectivity index (χ3n) is 8.66. The van der Waals surface area contributed by atoms with Gasteiger partial charge in [0, 0.05) is 31.0 Å². The molecular weight excluding hydrogens is 657 g/mol. The molecule has 2 aliphatic heterocycles. The Morgan fingerprint density at radius 2 is 1.42 bits per heavy atom. The normalized spacial score (nSPS) is 18.2. The number of rotatable bonds is 10. The van der Waals surface area contributed by atoms with Crippen LogP contribution in [0.4, 0.5) is 13.2 Å². The van der Waals surface area contributed by atoms with E-state index in [1.807, 2.05) is 83.8 Å². The van der Waals surface area contributed by atoms with E-state index in [1.165, 1.54) is 0 Å². The number of methoxy groups -OCH3 is 1. The summed E-state index contributed by atoms with van der Waals surface area (Å²) in [6, 6.07) is 32.7. The van der Waals surface area contributed by atoms with Crippen molar-refractivity contribution in [1.82, 2.24) is 10.2 Å². The van der Waals surface area contributed by atoms with Crippen molar-refractivity contribution >= 4 is 17.8 Å². The van der Waals surface area contributed by atoms with Gasteiger partial charge in [0.15, 0.2) is 11.5 Å². The number of aliphatic carboxylic acids is 2. The zero-order valence-electron chi connectivity index (χ0n) is 26.9. The van der Waals surface area contributed by atoms with Crippen LogP contribution in [0.2, 0.25) is 0 Å². The van der Waals surface area contributed by atoms with Gasteiger partial charge in [-0.3, -0.25) is 14.5 Å². The van der Waals surface area contributed by atoms with Crippen molar-refractivity contribution in [2.24, 2.45) is 5.92 Å². The molecule has 0 spiro atoms. The summed E-state index contributed by atoms with van der Waals surface area (Å²) in [6.45, 7) is 1.00. The molecular formula is C37H35F3N2O8. The van der Waals surface area contributed by atoms with E-state index >= 15 is 0 Å². The van der Waals surface area contributed by atoms with Gasteiger partial charge < -0.3 is 29.7 Å². The Morgan fingerprint density at radius 1 is 0.860 bits per heavy atom. The number of nitrogens with zero attached hydrogens (tertiary/aromatic N) is 1. The van der Waals surface area contributed by atoms with E-state index in [0.29, 0.717) is 30.3 Å². The first-order valence-electron chi connectivity index (χ1n) is 15.6. The molecule has 0 radical (unpaired) electrons. The average Bonchev–Trinajstić information content (AvgIpc) is 3.74. The molecule has 0 bridgehead atoms. The fraction of sp³-hybridized carbons (Fsp3) is 0.270. The number of ether oxygens (including phenoxy) is 3. The summed E-state index contributed by atoms with van der Waals surface area (Å²) < 4.78 is 48.1. The number of amides is 1. The average molecular weight is 693 g/mol. The Labute approximate surface area is 286 Å². The van der Waals surface area contributed by atoms with Crippen LogP contribution in [0.3, 0.4) is 0 Å². The number of carbonyl (C=O) groups is 3. The molecule has 2 heterocycles. The lowest BCUT2D eigenvalue weighted by molar-refractivity contribution is -0.192. The summed E-state index contributed by atoms with van der Waals surface area (Å²) in [4.78, 5) is 37.3.